The third kappa shape index (κ3) is 5.19. The van der Waals surface area contributed by atoms with Crippen molar-refractivity contribution in [2.45, 2.75) is 31.2 Å². The summed E-state index contributed by atoms with van der Waals surface area (Å²) in [5.74, 6) is -2.14. The van der Waals surface area contributed by atoms with E-state index in [1.54, 1.807) is 4.90 Å². The van der Waals surface area contributed by atoms with Crippen LogP contribution < -0.4 is 16.0 Å². The van der Waals surface area contributed by atoms with E-state index in [2.05, 4.69) is 16.9 Å². The number of aliphatic imine (C=N–C) groups is 1. The van der Waals surface area contributed by atoms with Crippen LogP contribution in [0.15, 0.2) is 59.7 Å². The molecule has 2 saturated heterocycles. The zero-order valence-corrected chi connectivity index (χ0v) is 18.0. The molecule has 0 saturated carbocycles. The number of nitrogens with one attached hydrogen (secondary N) is 2. The summed E-state index contributed by atoms with van der Waals surface area (Å²) in [5.41, 5.74) is 7.37. The Morgan fingerprint density at radius 2 is 1.91 bits per heavy atom. The van der Waals surface area contributed by atoms with Crippen LogP contribution in [-0.4, -0.2) is 37.0 Å². The minimum Gasteiger partial charge on any atom is -0.412 e. The minimum atomic E-state index is -0.670. The van der Waals surface area contributed by atoms with E-state index in [0.717, 1.165) is 5.56 Å². The molecule has 7 nitrogen and oxygen atoms in total. The second kappa shape index (κ2) is 9.40. The van der Waals surface area contributed by atoms with E-state index < -0.39 is 17.6 Å². The van der Waals surface area contributed by atoms with Crippen LogP contribution in [0.1, 0.15) is 29.9 Å². The van der Waals surface area contributed by atoms with Crippen molar-refractivity contribution in [2.75, 3.05) is 18.0 Å². The number of carbonyl (C=O) groups excluding carboxylic acids is 1. The molecule has 33 heavy (non-hydrogen) atoms. The predicted molar refractivity (Wildman–Crippen MR) is 122 cm³/mol. The van der Waals surface area contributed by atoms with Crippen LogP contribution in [0.2, 0.25) is 0 Å². The van der Waals surface area contributed by atoms with Crippen molar-refractivity contribution >= 4 is 23.5 Å². The highest BCUT2D eigenvalue weighted by atomic mass is 19.1. The molecule has 1 unspecified atom stereocenters. The van der Waals surface area contributed by atoms with E-state index in [0.29, 0.717) is 37.3 Å². The van der Waals surface area contributed by atoms with Crippen LogP contribution >= 0.6 is 0 Å². The molecule has 0 aliphatic carbocycles. The summed E-state index contributed by atoms with van der Waals surface area (Å²) >= 11 is 0. The Labute approximate surface area is 190 Å². The van der Waals surface area contributed by atoms with Crippen molar-refractivity contribution in [1.29, 1.82) is 5.41 Å². The van der Waals surface area contributed by atoms with E-state index in [9.17, 15) is 13.6 Å². The molecule has 1 amide bonds. The SMILES string of the molecule is C=C1NC(=O)CCC1c1c(F)cc(N2CC(N=C(N)OC(=N)Cc3ccccc3)C2)cc1F. The molecule has 2 heterocycles. The van der Waals surface area contributed by atoms with Gasteiger partial charge in [0.15, 0.2) is 5.90 Å². The fourth-order valence-electron chi connectivity index (χ4n) is 4.08. The molecule has 9 heteroatoms. The summed E-state index contributed by atoms with van der Waals surface area (Å²) in [6.07, 6.45) is 0.815. The van der Waals surface area contributed by atoms with Gasteiger partial charge in [-0.3, -0.25) is 10.2 Å². The molecular formula is C24H25F2N5O2. The van der Waals surface area contributed by atoms with Crippen molar-refractivity contribution in [3.8, 4) is 0 Å². The first-order valence-corrected chi connectivity index (χ1v) is 10.6. The van der Waals surface area contributed by atoms with Crippen LogP contribution in [-0.2, 0) is 16.0 Å². The number of halogens is 2. The largest absolute Gasteiger partial charge is 0.412 e. The van der Waals surface area contributed by atoms with Gasteiger partial charge in [0.25, 0.3) is 6.02 Å². The van der Waals surface area contributed by atoms with Gasteiger partial charge in [-0.25, -0.2) is 13.8 Å². The van der Waals surface area contributed by atoms with E-state index in [-0.39, 0.29) is 35.9 Å². The lowest BCUT2D eigenvalue weighted by atomic mass is 9.87. The molecule has 2 aromatic carbocycles. The number of amidine groups is 1. The quantitative estimate of drug-likeness (QED) is 0.478. The molecule has 2 aromatic rings. The van der Waals surface area contributed by atoms with Gasteiger partial charge in [-0.05, 0) is 24.1 Å². The maximum Gasteiger partial charge on any atom is 0.288 e. The maximum absolute atomic E-state index is 14.8. The highest BCUT2D eigenvalue weighted by molar-refractivity contribution is 5.89. The summed E-state index contributed by atoms with van der Waals surface area (Å²) in [6.45, 7) is 4.58. The molecule has 0 bridgehead atoms. The number of benzene rings is 2. The molecular weight excluding hydrogens is 428 g/mol. The van der Waals surface area contributed by atoms with Gasteiger partial charge in [-0.1, -0.05) is 36.9 Å². The summed E-state index contributed by atoms with van der Waals surface area (Å²) in [4.78, 5) is 17.5. The number of hydrogen-bond donors (Lipinski definition) is 3. The fourth-order valence-corrected chi connectivity index (χ4v) is 4.08. The highest BCUT2D eigenvalue weighted by Crippen LogP contribution is 2.36. The average Bonchev–Trinajstić information content (AvgIpc) is 2.72. The van der Waals surface area contributed by atoms with Gasteiger partial charge in [0.05, 0.1) is 6.04 Å². The normalized spacial score (nSPS) is 19.2. The predicted octanol–water partition coefficient (Wildman–Crippen LogP) is 3.21. The van der Waals surface area contributed by atoms with Crippen LogP contribution in [0.4, 0.5) is 14.5 Å². The second-order valence-corrected chi connectivity index (χ2v) is 8.20. The van der Waals surface area contributed by atoms with Crippen molar-refractivity contribution in [3.05, 3.63) is 77.5 Å². The Balaban J connectivity index is 1.34. The average molecular weight is 453 g/mol. The van der Waals surface area contributed by atoms with Gasteiger partial charge in [0.1, 0.15) is 11.6 Å². The smallest absolute Gasteiger partial charge is 0.288 e. The number of nitrogens with zero attached hydrogens (tertiary/aromatic N) is 2. The molecule has 0 aromatic heterocycles. The number of hydrogen-bond acceptors (Lipinski definition) is 5. The molecule has 0 radical (unpaired) electrons. The number of amides is 1. The number of anilines is 1. The summed E-state index contributed by atoms with van der Waals surface area (Å²) in [5, 5.41) is 10.5. The topological polar surface area (TPSA) is 104 Å². The van der Waals surface area contributed by atoms with E-state index >= 15 is 0 Å². The molecule has 2 aliphatic heterocycles. The Bertz CT molecular complexity index is 1090. The highest BCUT2D eigenvalue weighted by Gasteiger charge is 2.32. The number of ether oxygens (including phenoxy) is 1. The third-order valence-electron chi connectivity index (χ3n) is 5.77. The Kier molecular flexibility index (Phi) is 6.39. The zero-order chi connectivity index (χ0) is 23.5. The minimum absolute atomic E-state index is 0.0150. The van der Waals surface area contributed by atoms with Gasteiger partial charge in [-0.2, -0.15) is 0 Å². The molecule has 172 valence electrons. The van der Waals surface area contributed by atoms with Gasteiger partial charge in [0.2, 0.25) is 5.91 Å². The van der Waals surface area contributed by atoms with Crippen LogP contribution in [0.5, 0.6) is 0 Å². The third-order valence-corrected chi connectivity index (χ3v) is 5.77. The molecule has 4 rings (SSSR count). The summed E-state index contributed by atoms with van der Waals surface area (Å²) < 4.78 is 34.9. The van der Waals surface area contributed by atoms with E-state index in [1.807, 2.05) is 30.3 Å². The first kappa shape index (κ1) is 22.4. The zero-order valence-electron chi connectivity index (χ0n) is 18.0. The fraction of sp³-hybridized carbons (Fsp3) is 0.292. The maximum atomic E-state index is 14.8. The van der Waals surface area contributed by atoms with Crippen molar-refractivity contribution in [3.63, 3.8) is 0 Å². The molecule has 1 atom stereocenters. The Hall–Kier alpha value is -3.75. The van der Waals surface area contributed by atoms with Gasteiger partial charge in [-0.15, -0.1) is 0 Å². The standard InChI is InChI=1S/C24H25F2N5O2/c1-14-18(7-8-22(32)29-14)23-19(25)10-17(11-20(23)26)31-12-16(13-31)30-24(28)33-21(27)9-15-5-3-2-4-6-15/h2-6,10-11,16,18,27H,1,7-9,12-13H2,(H2,28,30)(H,29,32). The molecule has 0 spiro atoms. The van der Waals surface area contributed by atoms with E-state index in [4.69, 9.17) is 15.9 Å². The molecule has 2 fully saturated rings. The molecule has 4 N–H and O–H groups in total. The van der Waals surface area contributed by atoms with Gasteiger partial charge < -0.3 is 20.7 Å². The lowest BCUT2D eigenvalue weighted by Crippen LogP contribution is -2.51. The second-order valence-electron chi connectivity index (χ2n) is 8.20. The lowest BCUT2D eigenvalue weighted by Gasteiger charge is -2.39. The monoisotopic (exact) mass is 453 g/mol. The van der Waals surface area contributed by atoms with E-state index in [1.165, 1.54) is 12.1 Å². The number of nitrogens with two attached hydrogens (primary N) is 1. The first-order valence-electron chi connectivity index (χ1n) is 10.6. The molecule has 2 aliphatic rings. The van der Waals surface area contributed by atoms with Gasteiger partial charge in [0, 0.05) is 48.8 Å². The van der Waals surface area contributed by atoms with Crippen molar-refractivity contribution in [2.24, 2.45) is 10.7 Å². The first-order chi connectivity index (χ1) is 15.8. The lowest BCUT2D eigenvalue weighted by molar-refractivity contribution is -0.121. The summed E-state index contributed by atoms with van der Waals surface area (Å²) in [7, 11) is 0. The van der Waals surface area contributed by atoms with Crippen LogP contribution in [0.25, 0.3) is 0 Å². The number of rotatable bonds is 5. The van der Waals surface area contributed by atoms with Crippen molar-refractivity contribution in [1.82, 2.24) is 5.32 Å². The van der Waals surface area contributed by atoms with Crippen LogP contribution in [0.3, 0.4) is 0 Å². The van der Waals surface area contributed by atoms with Gasteiger partial charge >= 0.3 is 0 Å². The number of piperidine rings is 1. The summed E-state index contributed by atoms with van der Waals surface area (Å²) in [6, 6.07) is 11.7. The van der Waals surface area contributed by atoms with Crippen LogP contribution in [0, 0.1) is 17.0 Å². The Morgan fingerprint density at radius 1 is 1.24 bits per heavy atom. The van der Waals surface area contributed by atoms with Crippen molar-refractivity contribution < 1.29 is 18.3 Å². The Morgan fingerprint density at radius 3 is 2.55 bits per heavy atom. The number of allylic oxidation sites excluding steroid dienone is 1. The number of carbonyl (C=O) groups is 1.